The first-order chi connectivity index (χ1) is 15.8. The Labute approximate surface area is 192 Å². The van der Waals surface area contributed by atoms with Crippen LogP contribution in [0.2, 0.25) is 0 Å². The zero-order valence-corrected chi connectivity index (χ0v) is 19.2. The maximum Gasteiger partial charge on any atom is 0.172 e. The Morgan fingerprint density at radius 1 is 1.06 bits per heavy atom. The third-order valence-electron chi connectivity index (χ3n) is 5.79. The molecule has 4 rings (SSSR count). The molecule has 0 bridgehead atoms. The first-order valence-electron chi connectivity index (χ1n) is 11.4. The van der Waals surface area contributed by atoms with E-state index in [9.17, 15) is 13.9 Å². The van der Waals surface area contributed by atoms with Gasteiger partial charge in [-0.25, -0.2) is 18.7 Å². The van der Waals surface area contributed by atoms with Crippen molar-refractivity contribution in [1.29, 1.82) is 0 Å². The van der Waals surface area contributed by atoms with Crippen LogP contribution < -0.4 is 10.2 Å². The van der Waals surface area contributed by atoms with E-state index in [1.54, 1.807) is 12.3 Å². The second-order valence-electron chi connectivity index (χ2n) is 8.72. The van der Waals surface area contributed by atoms with Crippen LogP contribution in [0.25, 0.3) is 11.0 Å². The van der Waals surface area contributed by atoms with Gasteiger partial charge in [0.2, 0.25) is 0 Å². The number of nitrogens with one attached hydrogen (secondary N) is 1. The maximum absolute atomic E-state index is 14.1. The summed E-state index contributed by atoms with van der Waals surface area (Å²) in [4.78, 5) is 18.3. The molecule has 0 amide bonds. The monoisotopic (exact) mass is 456 g/mol. The van der Waals surface area contributed by atoms with Crippen molar-refractivity contribution in [3.8, 4) is 0 Å². The van der Waals surface area contributed by atoms with Gasteiger partial charge in [-0.3, -0.25) is 9.88 Å². The van der Waals surface area contributed by atoms with Gasteiger partial charge in [0.25, 0.3) is 0 Å². The normalized spacial score (nSPS) is 15.9. The third-order valence-corrected chi connectivity index (χ3v) is 5.79. The fraction of sp³-hybridized carbons (Fsp3) is 0.458. The number of rotatable bonds is 7. The predicted octanol–water partition coefficient (Wildman–Crippen LogP) is 3.89. The summed E-state index contributed by atoms with van der Waals surface area (Å²) in [5, 5.41) is 13.6. The highest BCUT2D eigenvalue weighted by Gasteiger charge is 2.23. The molecule has 1 aliphatic heterocycles. The Morgan fingerprint density at radius 2 is 1.82 bits per heavy atom. The van der Waals surface area contributed by atoms with Crippen LogP contribution in [-0.4, -0.2) is 57.2 Å². The molecule has 1 aliphatic rings. The summed E-state index contributed by atoms with van der Waals surface area (Å²) in [5.41, 5.74) is 2.43. The van der Waals surface area contributed by atoms with E-state index >= 15 is 0 Å². The number of hydrogen-bond acceptors (Lipinski definition) is 7. The smallest absolute Gasteiger partial charge is 0.172 e. The number of fused-ring (bicyclic) bond motifs is 1. The summed E-state index contributed by atoms with van der Waals surface area (Å²) in [6, 6.07) is 5.70. The molecule has 0 spiro atoms. The highest BCUT2D eigenvalue weighted by molar-refractivity contribution is 5.80. The summed E-state index contributed by atoms with van der Waals surface area (Å²) in [7, 11) is 0. The van der Waals surface area contributed by atoms with Crippen molar-refractivity contribution < 1.29 is 13.9 Å². The van der Waals surface area contributed by atoms with Crippen LogP contribution in [0.5, 0.6) is 0 Å². The largest absolute Gasteiger partial charge is 0.387 e. The van der Waals surface area contributed by atoms with Crippen LogP contribution in [0.3, 0.4) is 0 Å². The molecule has 176 valence electrons. The van der Waals surface area contributed by atoms with E-state index in [-0.39, 0.29) is 6.04 Å². The van der Waals surface area contributed by atoms with Gasteiger partial charge < -0.3 is 15.3 Å². The lowest BCUT2D eigenvalue weighted by atomic mass is 10.1. The fourth-order valence-electron chi connectivity index (χ4n) is 3.96. The van der Waals surface area contributed by atoms with Gasteiger partial charge in [-0.1, -0.05) is 13.0 Å². The molecular weight excluding hydrogens is 426 g/mol. The molecule has 2 N–H and O–H groups in total. The van der Waals surface area contributed by atoms with Crippen molar-refractivity contribution >= 4 is 22.7 Å². The lowest BCUT2D eigenvalue weighted by molar-refractivity contribution is 0.169. The number of piperazine rings is 1. The van der Waals surface area contributed by atoms with Gasteiger partial charge >= 0.3 is 0 Å². The van der Waals surface area contributed by atoms with E-state index in [1.807, 2.05) is 20.8 Å². The average Bonchev–Trinajstić information content (AvgIpc) is 2.80. The van der Waals surface area contributed by atoms with E-state index in [4.69, 9.17) is 9.97 Å². The molecule has 1 aromatic carbocycles. The minimum absolute atomic E-state index is 0.174. The van der Waals surface area contributed by atoms with E-state index in [0.29, 0.717) is 67.3 Å². The van der Waals surface area contributed by atoms with Crippen LogP contribution in [-0.2, 0) is 6.54 Å². The SMILES string of the molecule is CCC(O)c1cc2nc(N3CCN(Cc4ccc(F)cc4F)CC3)c(NC(C)C)nc2cn1. The number of benzene rings is 1. The van der Waals surface area contributed by atoms with Crippen molar-refractivity contribution in [2.75, 3.05) is 36.4 Å². The zero-order valence-electron chi connectivity index (χ0n) is 19.2. The van der Waals surface area contributed by atoms with Gasteiger partial charge in [0, 0.05) is 50.4 Å². The van der Waals surface area contributed by atoms with Crippen molar-refractivity contribution in [2.45, 2.75) is 45.9 Å². The molecule has 3 aromatic rings. The molecule has 1 fully saturated rings. The number of aliphatic hydroxyl groups is 1. The number of hydrogen-bond donors (Lipinski definition) is 2. The molecule has 9 heteroatoms. The van der Waals surface area contributed by atoms with Crippen LogP contribution in [0, 0.1) is 11.6 Å². The van der Waals surface area contributed by atoms with Gasteiger partial charge in [-0.15, -0.1) is 0 Å². The standard InChI is InChI=1S/C24H30F2N6O/c1-4-22(33)20-12-19-21(13-27-20)29-23(28-15(2)3)24(30-19)32-9-7-31(8-10-32)14-16-5-6-17(25)11-18(16)26/h5-6,11-13,15,22,33H,4,7-10,14H2,1-3H3,(H,28,29). The van der Waals surface area contributed by atoms with Gasteiger partial charge in [0.1, 0.15) is 17.2 Å². The Morgan fingerprint density at radius 3 is 2.48 bits per heavy atom. The van der Waals surface area contributed by atoms with E-state index in [0.717, 1.165) is 11.9 Å². The van der Waals surface area contributed by atoms with E-state index < -0.39 is 17.7 Å². The number of aliphatic hydroxyl groups excluding tert-OH is 1. The summed E-state index contributed by atoms with van der Waals surface area (Å²) < 4.78 is 27.3. The van der Waals surface area contributed by atoms with Crippen LogP contribution in [0.15, 0.2) is 30.5 Å². The Hall–Kier alpha value is -2.91. The van der Waals surface area contributed by atoms with Crippen LogP contribution in [0.4, 0.5) is 20.4 Å². The summed E-state index contributed by atoms with van der Waals surface area (Å²) in [6.45, 7) is 9.26. The summed E-state index contributed by atoms with van der Waals surface area (Å²) >= 11 is 0. The molecule has 1 saturated heterocycles. The minimum atomic E-state index is -0.636. The molecule has 0 aliphatic carbocycles. The number of nitrogens with zero attached hydrogens (tertiary/aromatic N) is 5. The number of anilines is 2. The average molecular weight is 457 g/mol. The molecule has 2 aromatic heterocycles. The van der Waals surface area contributed by atoms with E-state index in [2.05, 4.69) is 20.1 Å². The molecule has 1 atom stereocenters. The van der Waals surface area contributed by atoms with Crippen LogP contribution in [0.1, 0.15) is 44.6 Å². The number of pyridine rings is 1. The lowest BCUT2D eigenvalue weighted by Crippen LogP contribution is -2.46. The summed E-state index contributed by atoms with van der Waals surface area (Å²) in [6.07, 6.45) is 1.59. The highest BCUT2D eigenvalue weighted by atomic mass is 19.1. The molecular formula is C24H30F2N6O. The predicted molar refractivity (Wildman–Crippen MR) is 125 cm³/mol. The number of aromatic nitrogens is 3. The number of halogens is 2. The lowest BCUT2D eigenvalue weighted by Gasteiger charge is -2.36. The van der Waals surface area contributed by atoms with Gasteiger partial charge in [-0.05, 0) is 32.4 Å². The topological polar surface area (TPSA) is 77.4 Å². The van der Waals surface area contributed by atoms with Gasteiger partial charge in [0.05, 0.1) is 23.5 Å². The summed E-state index contributed by atoms with van der Waals surface area (Å²) in [5.74, 6) is 0.374. The Bertz CT molecular complexity index is 1120. The Kier molecular flexibility index (Phi) is 6.99. The van der Waals surface area contributed by atoms with Crippen LogP contribution >= 0.6 is 0 Å². The molecule has 1 unspecified atom stereocenters. The Balaban J connectivity index is 1.55. The fourth-order valence-corrected chi connectivity index (χ4v) is 3.96. The highest BCUT2D eigenvalue weighted by Crippen LogP contribution is 2.28. The molecule has 3 heterocycles. The molecule has 0 radical (unpaired) electrons. The van der Waals surface area contributed by atoms with E-state index in [1.165, 1.54) is 12.1 Å². The van der Waals surface area contributed by atoms with Crippen molar-refractivity contribution in [3.63, 3.8) is 0 Å². The zero-order chi connectivity index (χ0) is 23.5. The first kappa shape index (κ1) is 23.3. The minimum Gasteiger partial charge on any atom is -0.387 e. The molecule has 7 nitrogen and oxygen atoms in total. The molecule has 33 heavy (non-hydrogen) atoms. The van der Waals surface area contributed by atoms with Gasteiger partial charge in [-0.2, -0.15) is 0 Å². The maximum atomic E-state index is 14.1. The quantitative estimate of drug-likeness (QED) is 0.559. The third kappa shape index (κ3) is 5.36. The second kappa shape index (κ2) is 9.93. The van der Waals surface area contributed by atoms with Crippen molar-refractivity contribution in [2.24, 2.45) is 0 Å². The van der Waals surface area contributed by atoms with Crippen molar-refractivity contribution in [3.05, 3.63) is 53.4 Å². The second-order valence-corrected chi connectivity index (χ2v) is 8.72. The first-order valence-corrected chi connectivity index (χ1v) is 11.4. The molecule has 0 saturated carbocycles. The van der Waals surface area contributed by atoms with Gasteiger partial charge in [0.15, 0.2) is 11.6 Å². The van der Waals surface area contributed by atoms with Crippen molar-refractivity contribution in [1.82, 2.24) is 19.9 Å².